The van der Waals surface area contributed by atoms with Crippen LogP contribution in [0.5, 0.6) is 0 Å². The first-order chi connectivity index (χ1) is 10.6. The summed E-state index contributed by atoms with van der Waals surface area (Å²) < 4.78 is 1.76. The summed E-state index contributed by atoms with van der Waals surface area (Å²) in [5.74, 6) is -0.169. The number of aryl methyl sites for hydroxylation is 2. The molecule has 1 amide bonds. The minimum Gasteiger partial charge on any atom is -0.397 e. The van der Waals surface area contributed by atoms with Crippen LogP contribution < -0.4 is 11.1 Å². The molecule has 0 aliphatic heterocycles. The van der Waals surface area contributed by atoms with Gasteiger partial charge in [0, 0.05) is 18.6 Å². The van der Waals surface area contributed by atoms with E-state index >= 15 is 0 Å². The van der Waals surface area contributed by atoms with Crippen LogP contribution in [-0.2, 0) is 13.6 Å². The second-order valence-corrected chi connectivity index (χ2v) is 5.22. The van der Waals surface area contributed by atoms with Crippen molar-refractivity contribution in [3.8, 4) is 0 Å². The maximum Gasteiger partial charge on any atom is 0.253 e. The van der Waals surface area contributed by atoms with Gasteiger partial charge in [-0.05, 0) is 24.6 Å². The predicted molar refractivity (Wildman–Crippen MR) is 85.3 cm³/mol. The first-order valence-corrected chi connectivity index (χ1v) is 6.96. The molecule has 0 atom stereocenters. The Morgan fingerprint density at radius 2 is 2.18 bits per heavy atom. The van der Waals surface area contributed by atoms with E-state index in [4.69, 9.17) is 5.73 Å². The van der Waals surface area contributed by atoms with Gasteiger partial charge in [-0.1, -0.05) is 12.1 Å². The van der Waals surface area contributed by atoms with Crippen molar-refractivity contribution in [2.24, 2.45) is 7.05 Å². The number of rotatable bonds is 3. The molecule has 1 aromatic carbocycles. The quantitative estimate of drug-likeness (QED) is 0.721. The number of carbonyl (C=O) groups excluding carboxylic acids is 1. The van der Waals surface area contributed by atoms with Gasteiger partial charge in [-0.15, -0.1) is 0 Å². The molecule has 3 aromatic rings. The number of nitrogens with zero attached hydrogens (tertiary/aromatic N) is 3. The van der Waals surface area contributed by atoms with Crippen molar-refractivity contribution in [2.45, 2.75) is 13.5 Å². The largest absolute Gasteiger partial charge is 0.397 e. The number of hydrogen-bond acceptors (Lipinski definition) is 4. The highest BCUT2D eigenvalue weighted by molar-refractivity contribution is 5.99. The van der Waals surface area contributed by atoms with Gasteiger partial charge < -0.3 is 11.1 Å². The number of para-hydroxylation sites is 1. The van der Waals surface area contributed by atoms with Gasteiger partial charge in [0.2, 0.25) is 0 Å². The van der Waals surface area contributed by atoms with Crippen molar-refractivity contribution < 1.29 is 4.79 Å². The lowest BCUT2D eigenvalue weighted by atomic mass is 10.1. The summed E-state index contributed by atoms with van der Waals surface area (Å²) in [6.07, 6.45) is 3.33. The molecule has 2 heterocycles. The highest BCUT2D eigenvalue weighted by Gasteiger charge is 2.10. The zero-order valence-corrected chi connectivity index (χ0v) is 12.5. The molecule has 0 aliphatic rings. The molecule has 22 heavy (non-hydrogen) atoms. The third-order valence-electron chi connectivity index (χ3n) is 3.69. The lowest BCUT2D eigenvalue weighted by molar-refractivity contribution is 0.0950. The standard InChI is InChI=1S/C16H17N5O/c1-10-7-20-21(2)14(10)9-19-16(22)12-6-11-4-3-5-13(17)15(11)18-8-12/h3-8H,9,17H2,1-2H3,(H,19,22). The van der Waals surface area contributed by atoms with Crippen LogP contribution in [0, 0.1) is 6.92 Å². The maximum atomic E-state index is 12.3. The normalized spacial score (nSPS) is 10.8. The second kappa shape index (κ2) is 5.48. The molecular formula is C16H17N5O. The van der Waals surface area contributed by atoms with E-state index in [9.17, 15) is 4.79 Å². The van der Waals surface area contributed by atoms with Gasteiger partial charge in [-0.3, -0.25) is 14.5 Å². The highest BCUT2D eigenvalue weighted by Crippen LogP contribution is 2.19. The fraction of sp³-hybridized carbons (Fsp3) is 0.188. The molecule has 2 aromatic heterocycles. The molecule has 0 unspecified atom stereocenters. The summed E-state index contributed by atoms with van der Waals surface area (Å²) in [5, 5.41) is 7.90. The van der Waals surface area contributed by atoms with E-state index in [-0.39, 0.29) is 5.91 Å². The van der Waals surface area contributed by atoms with Crippen LogP contribution in [0.2, 0.25) is 0 Å². The van der Waals surface area contributed by atoms with Crippen molar-refractivity contribution in [1.82, 2.24) is 20.1 Å². The van der Waals surface area contributed by atoms with Gasteiger partial charge in [0.1, 0.15) is 0 Å². The van der Waals surface area contributed by atoms with E-state index in [1.807, 2.05) is 26.1 Å². The van der Waals surface area contributed by atoms with E-state index in [0.29, 0.717) is 23.3 Å². The fourth-order valence-corrected chi connectivity index (χ4v) is 2.40. The van der Waals surface area contributed by atoms with Crippen molar-refractivity contribution in [3.63, 3.8) is 0 Å². The van der Waals surface area contributed by atoms with Crippen LogP contribution in [0.1, 0.15) is 21.6 Å². The molecular weight excluding hydrogens is 278 g/mol. The van der Waals surface area contributed by atoms with Crippen molar-refractivity contribution in [2.75, 3.05) is 5.73 Å². The van der Waals surface area contributed by atoms with Gasteiger partial charge in [-0.25, -0.2) is 0 Å². The van der Waals surface area contributed by atoms with Crippen molar-refractivity contribution in [1.29, 1.82) is 0 Å². The third kappa shape index (κ3) is 2.50. The topological polar surface area (TPSA) is 85.8 Å². The van der Waals surface area contributed by atoms with Crippen LogP contribution in [0.4, 0.5) is 5.69 Å². The first kappa shape index (κ1) is 14.1. The summed E-state index contributed by atoms with van der Waals surface area (Å²) in [4.78, 5) is 16.6. The summed E-state index contributed by atoms with van der Waals surface area (Å²) in [7, 11) is 1.86. The SMILES string of the molecule is Cc1cnn(C)c1CNC(=O)c1cnc2c(N)cccc2c1. The number of aromatic nitrogens is 3. The number of nitrogens with one attached hydrogen (secondary N) is 1. The van der Waals surface area contributed by atoms with Crippen LogP contribution >= 0.6 is 0 Å². The minimum atomic E-state index is -0.169. The third-order valence-corrected chi connectivity index (χ3v) is 3.69. The number of nitrogen functional groups attached to an aromatic ring is 1. The van der Waals surface area contributed by atoms with Gasteiger partial charge in [0.15, 0.2) is 0 Å². The second-order valence-electron chi connectivity index (χ2n) is 5.22. The molecule has 6 nitrogen and oxygen atoms in total. The van der Waals surface area contributed by atoms with Gasteiger partial charge in [0.05, 0.1) is 35.2 Å². The lowest BCUT2D eigenvalue weighted by Gasteiger charge is -2.08. The van der Waals surface area contributed by atoms with Crippen LogP contribution in [0.15, 0.2) is 36.7 Å². The number of fused-ring (bicyclic) bond motifs is 1. The smallest absolute Gasteiger partial charge is 0.253 e. The molecule has 0 aliphatic carbocycles. The maximum absolute atomic E-state index is 12.3. The molecule has 112 valence electrons. The molecule has 0 radical (unpaired) electrons. The average molecular weight is 295 g/mol. The molecule has 0 saturated heterocycles. The Morgan fingerprint density at radius 3 is 2.91 bits per heavy atom. The summed E-state index contributed by atoms with van der Waals surface area (Å²) >= 11 is 0. The Labute approximate surface area is 128 Å². The van der Waals surface area contributed by atoms with Crippen LogP contribution in [0.3, 0.4) is 0 Å². The fourth-order valence-electron chi connectivity index (χ4n) is 2.40. The van der Waals surface area contributed by atoms with Gasteiger partial charge >= 0.3 is 0 Å². The number of pyridine rings is 1. The van der Waals surface area contributed by atoms with E-state index in [1.165, 1.54) is 0 Å². The van der Waals surface area contributed by atoms with Gasteiger partial charge in [-0.2, -0.15) is 5.10 Å². The number of anilines is 1. The minimum absolute atomic E-state index is 0.169. The molecule has 3 N–H and O–H groups in total. The Hall–Kier alpha value is -2.89. The van der Waals surface area contributed by atoms with Crippen LogP contribution in [0.25, 0.3) is 10.9 Å². The first-order valence-electron chi connectivity index (χ1n) is 6.96. The molecule has 6 heteroatoms. The Morgan fingerprint density at radius 1 is 1.36 bits per heavy atom. The van der Waals surface area contributed by atoms with E-state index in [1.54, 1.807) is 29.2 Å². The molecule has 0 saturated carbocycles. The number of carbonyl (C=O) groups is 1. The summed E-state index contributed by atoms with van der Waals surface area (Å²) in [6, 6.07) is 7.32. The number of benzene rings is 1. The number of nitrogens with two attached hydrogens (primary N) is 1. The summed E-state index contributed by atoms with van der Waals surface area (Å²) in [5.41, 5.74) is 9.72. The average Bonchev–Trinajstić information content (AvgIpc) is 2.83. The summed E-state index contributed by atoms with van der Waals surface area (Å²) in [6.45, 7) is 2.39. The van der Waals surface area contributed by atoms with E-state index in [2.05, 4.69) is 15.4 Å². The molecule has 0 bridgehead atoms. The predicted octanol–water partition coefficient (Wildman–Crippen LogP) is 1.79. The molecule has 0 fully saturated rings. The van der Waals surface area contributed by atoms with Crippen LogP contribution in [-0.4, -0.2) is 20.7 Å². The molecule has 0 spiro atoms. The number of hydrogen-bond donors (Lipinski definition) is 2. The van der Waals surface area contributed by atoms with Crippen molar-refractivity contribution in [3.05, 3.63) is 53.5 Å². The Balaban J connectivity index is 1.81. The number of amides is 1. The zero-order valence-electron chi connectivity index (χ0n) is 12.5. The monoisotopic (exact) mass is 295 g/mol. The lowest BCUT2D eigenvalue weighted by Crippen LogP contribution is -2.24. The Kier molecular flexibility index (Phi) is 3.50. The van der Waals surface area contributed by atoms with Crippen molar-refractivity contribution >= 4 is 22.5 Å². The molecule has 3 rings (SSSR count). The highest BCUT2D eigenvalue weighted by atomic mass is 16.1. The Bertz CT molecular complexity index is 833. The van der Waals surface area contributed by atoms with E-state index < -0.39 is 0 Å². The van der Waals surface area contributed by atoms with E-state index in [0.717, 1.165) is 16.6 Å². The zero-order chi connectivity index (χ0) is 15.7. The van der Waals surface area contributed by atoms with Gasteiger partial charge in [0.25, 0.3) is 5.91 Å².